The molecule has 4 rings (SSSR count). The largest absolute Gasteiger partial charge is 0.324 e. The number of rotatable bonds is 4. The molecule has 0 unspecified atom stereocenters. The number of allylic oxidation sites excluding steroid dienone is 1. The van der Waals surface area contributed by atoms with Gasteiger partial charge in [-0.05, 0) is 37.0 Å². The molecule has 3 aromatic rings. The first-order valence-corrected chi connectivity index (χ1v) is 9.15. The number of benzene rings is 2. The van der Waals surface area contributed by atoms with Gasteiger partial charge in [-0.3, -0.25) is 4.79 Å². The molecule has 0 radical (unpaired) electrons. The third kappa shape index (κ3) is 3.95. The lowest BCUT2D eigenvalue weighted by molar-refractivity contribution is 0.0957. The molecule has 1 N–H and O–H groups in total. The summed E-state index contributed by atoms with van der Waals surface area (Å²) < 4.78 is 0. The van der Waals surface area contributed by atoms with Crippen LogP contribution in [0.5, 0.6) is 0 Å². The Morgan fingerprint density at radius 3 is 2.41 bits per heavy atom. The molecule has 0 bridgehead atoms. The maximum Gasteiger partial charge on any atom is 0.227 e. The van der Waals surface area contributed by atoms with E-state index in [1.54, 1.807) is 0 Å². The number of fused-ring (bicyclic) bond motifs is 1. The highest BCUT2D eigenvalue weighted by Gasteiger charge is 2.27. The number of nitrogens with zero attached hydrogens (tertiary/aromatic N) is 2. The molecule has 1 aromatic heterocycles. The Balaban J connectivity index is 1.58. The van der Waals surface area contributed by atoms with Gasteiger partial charge in [0.15, 0.2) is 5.78 Å². The van der Waals surface area contributed by atoms with Crippen LogP contribution in [0.15, 0.2) is 66.7 Å². The van der Waals surface area contributed by atoms with Crippen molar-refractivity contribution in [3.63, 3.8) is 0 Å². The van der Waals surface area contributed by atoms with Crippen LogP contribution in [0.1, 0.15) is 33.7 Å². The molecule has 0 aliphatic heterocycles. The van der Waals surface area contributed by atoms with Crippen LogP contribution in [0.4, 0.5) is 11.6 Å². The smallest absolute Gasteiger partial charge is 0.227 e. The first-order chi connectivity index (χ1) is 13.2. The second-order valence-corrected chi connectivity index (χ2v) is 6.81. The van der Waals surface area contributed by atoms with Crippen molar-refractivity contribution < 1.29 is 4.79 Å². The first kappa shape index (κ1) is 17.2. The average Bonchev–Trinajstić information content (AvgIpc) is 2.67. The Morgan fingerprint density at radius 2 is 1.67 bits per heavy atom. The lowest BCUT2D eigenvalue weighted by Crippen LogP contribution is -2.22. The summed E-state index contributed by atoms with van der Waals surface area (Å²) in [6.07, 6.45) is 5.46. The fraction of sp³-hybridized carbons (Fsp3) is 0.174. The van der Waals surface area contributed by atoms with E-state index in [-0.39, 0.29) is 11.7 Å². The van der Waals surface area contributed by atoms with Gasteiger partial charge in [0.2, 0.25) is 5.95 Å². The normalized spacial score (nSPS) is 16.3. The van der Waals surface area contributed by atoms with Crippen molar-refractivity contribution in [1.29, 1.82) is 0 Å². The van der Waals surface area contributed by atoms with E-state index in [9.17, 15) is 4.79 Å². The van der Waals surface area contributed by atoms with E-state index < -0.39 is 0 Å². The van der Waals surface area contributed by atoms with Crippen LogP contribution < -0.4 is 5.32 Å². The van der Waals surface area contributed by atoms with Crippen molar-refractivity contribution in [2.75, 3.05) is 5.32 Å². The van der Waals surface area contributed by atoms with Gasteiger partial charge in [-0.2, -0.15) is 0 Å². The SMILES string of the molecule is Cc1nc(Nc2ccccc2)nc2c1C(=O)C[C@H](/C=C/c1ccccc1)C2. The topological polar surface area (TPSA) is 54.9 Å². The van der Waals surface area contributed by atoms with Gasteiger partial charge in [0.1, 0.15) is 0 Å². The summed E-state index contributed by atoms with van der Waals surface area (Å²) >= 11 is 0. The van der Waals surface area contributed by atoms with Gasteiger partial charge in [-0.25, -0.2) is 9.97 Å². The van der Waals surface area contributed by atoms with Crippen molar-refractivity contribution in [3.05, 3.63) is 89.3 Å². The molecule has 1 heterocycles. The second kappa shape index (κ2) is 7.54. The predicted octanol–water partition coefficient (Wildman–Crippen LogP) is 4.99. The predicted molar refractivity (Wildman–Crippen MR) is 108 cm³/mol. The van der Waals surface area contributed by atoms with Crippen molar-refractivity contribution in [2.45, 2.75) is 19.8 Å². The Labute approximate surface area is 159 Å². The summed E-state index contributed by atoms with van der Waals surface area (Å²) in [5.74, 6) is 0.824. The molecule has 0 spiro atoms. The number of para-hydroxylation sites is 1. The van der Waals surface area contributed by atoms with Gasteiger partial charge in [0.25, 0.3) is 0 Å². The molecule has 4 heteroatoms. The van der Waals surface area contributed by atoms with Crippen molar-refractivity contribution in [3.8, 4) is 0 Å². The summed E-state index contributed by atoms with van der Waals surface area (Å²) in [6.45, 7) is 1.88. The van der Waals surface area contributed by atoms with Crippen LogP contribution in [-0.2, 0) is 6.42 Å². The third-order valence-electron chi connectivity index (χ3n) is 4.74. The molecular weight excluding hydrogens is 334 g/mol. The maximum absolute atomic E-state index is 12.7. The maximum atomic E-state index is 12.7. The highest BCUT2D eigenvalue weighted by atomic mass is 16.1. The van der Waals surface area contributed by atoms with Gasteiger partial charge < -0.3 is 5.32 Å². The van der Waals surface area contributed by atoms with Crippen LogP contribution in [0, 0.1) is 12.8 Å². The Kier molecular flexibility index (Phi) is 4.79. The molecular formula is C23H21N3O. The van der Waals surface area contributed by atoms with Gasteiger partial charge in [0.05, 0.1) is 17.0 Å². The number of hydrogen-bond donors (Lipinski definition) is 1. The van der Waals surface area contributed by atoms with Gasteiger partial charge in [-0.15, -0.1) is 0 Å². The molecule has 2 aromatic carbocycles. The van der Waals surface area contributed by atoms with Gasteiger partial charge in [-0.1, -0.05) is 60.7 Å². The van der Waals surface area contributed by atoms with E-state index in [1.807, 2.05) is 55.5 Å². The molecule has 1 aliphatic carbocycles. The number of hydrogen-bond acceptors (Lipinski definition) is 4. The first-order valence-electron chi connectivity index (χ1n) is 9.15. The zero-order chi connectivity index (χ0) is 18.6. The van der Waals surface area contributed by atoms with E-state index in [2.05, 4.69) is 39.6 Å². The lowest BCUT2D eigenvalue weighted by atomic mass is 9.85. The summed E-state index contributed by atoms with van der Waals surface area (Å²) in [6, 6.07) is 20.0. The fourth-order valence-corrected chi connectivity index (χ4v) is 3.46. The molecule has 0 saturated heterocycles. The number of aromatic nitrogens is 2. The van der Waals surface area contributed by atoms with Crippen LogP contribution in [0.2, 0.25) is 0 Å². The van der Waals surface area contributed by atoms with E-state index in [4.69, 9.17) is 0 Å². The minimum absolute atomic E-state index is 0.128. The molecule has 0 fully saturated rings. The highest BCUT2D eigenvalue weighted by Crippen LogP contribution is 2.28. The third-order valence-corrected chi connectivity index (χ3v) is 4.74. The molecule has 134 valence electrons. The lowest BCUT2D eigenvalue weighted by Gasteiger charge is -2.22. The Morgan fingerprint density at radius 1 is 0.963 bits per heavy atom. The minimum atomic E-state index is 0.128. The number of carbonyl (C=O) groups excluding carboxylic acids is 1. The number of ketones is 1. The number of aryl methyl sites for hydroxylation is 1. The average molecular weight is 355 g/mol. The zero-order valence-electron chi connectivity index (χ0n) is 15.2. The fourth-order valence-electron chi connectivity index (χ4n) is 3.46. The number of nitrogens with one attached hydrogen (secondary N) is 1. The monoisotopic (exact) mass is 355 g/mol. The molecule has 27 heavy (non-hydrogen) atoms. The van der Waals surface area contributed by atoms with Crippen LogP contribution in [-0.4, -0.2) is 15.8 Å². The second-order valence-electron chi connectivity index (χ2n) is 6.81. The quantitative estimate of drug-likeness (QED) is 0.716. The van der Waals surface area contributed by atoms with Crippen LogP contribution in [0.3, 0.4) is 0 Å². The van der Waals surface area contributed by atoms with E-state index in [1.165, 1.54) is 0 Å². The molecule has 4 nitrogen and oxygen atoms in total. The highest BCUT2D eigenvalue weighted by molar-refractivity contribution is 5.99. The van der Waals surface area contributed by atoms with Crippen molar-refractivity contribution in [2.24, 2.45) is 5.92 Å². The van der Waals surface area contributed by atoms with E-state index in [0.29, 0.717) is 17.9 Å². The summed E-state index contributed by atoms with van der Waals surface area (Å²) in [5, 5.41) is 3.23. The van der Waals surface area contributed by atoms with E-state index >= 15 is 0 Å². The molecule has 1 aliphatic rings. The minimum Gasteiger partial charge on any atom is -0.324 e. The molecule has 0 saturated carbocycles. The number of Topliss-reactive ketones (excluding diaryl/α,β-unsaturated/α-hetero) is 1. The van der Waals surface area contributed by atoms with Gasteiger partial charge >= 0.3 is 0 Å². The summed E-state index contributed by atoms with van der Waals surface area (Å²) in [7, 11) is 0. The Bertz CT molecular complexity index is 981. The standard InChI is InChI=1S/C23H21N3O/c1-16-22-20(26-23(24-16)25-19-10-6-3-7-11-19)14-18(15-21(22)27)13-12-17-8-4-2-5-9-17/h2-13,18H,14-15H2,1H3,(H,24,25,26)/b13-12+/t18-/m1/s1. The number of anilines is 2. The van der Waals surface area contributed by atoms with Crippen LogP contribution >= 0.6 is 0 Å². The Hall–Kier alpha value is -3.27. The van der Waals surface area contributed by atoms with E-state index in [0.717, 1.165) is 29.1 Å². The summed E-state index contributed by atoms with van der Waals surface area (Å²) in [5.41, 5.74) is 4.34. The summed E-state index contributed by atoms with van der Waals surface area (Å²) in [4.78, 5) is 21.8. The van der Waals surface area contributed by atoms with Crippen molar-refractivity contribution in [1.82, 2.24) is 9.97 Å². The van der Waals surface area contributed by atoms with Gasteiger partial charge in [0, 0.05) is 12.1 Å². The zero-order valence-corrected chi connectivity index (χ0v) is 15.2. The number of carbonyl (C=O) groups is 1. The van der Waals surface area contributed by atoms with Crippen LogP contribution in [0.25, 0.3) is 6.08 Å². The van der Waals surface area contributed by atoms with Crippen molar-refractivity contribution >= 4 is 23.5 Å². The molecule has 1 atom stereocenters. The molecule has 0 amide bonds.